The number of esters is 2. The molecule has 0 unspecified atom stereocenters. The van der Waals surface area contributed by atoms with Crippen LogP contribution in [0.15, 0.2) is 66.7 Å². The third-order valence-corrected chi connectivity index (χ3v) is 5.92. The molecule has 0 aliphatic rings. The summed E-state index contributed by atoms with van der Waals surface area (Å²) >= 11 is 0. The third kappa shape index (κ3) is 10.1. The quantitative estimate of drug-likeness (QED) is 0.233. The van der Waals surface area contributed by atoms with Gasteiger partial charge in [0.05, 0.1) is 18.6 Å². The van der Waals surface area contributed by atoms with Crippen LogP contribution in [0.4, 0.5) is 11.4 Å². The highest BCUT2D eigenvalue weighted by molar-refractivity contribution is 5.95. The number of benzene rings is 3. The fourth-order valence-corrected chi connectivity index (χ4v) is 3.76. The Morgan fingerprint density at radius 1 is 0.780 bits per heavy atom. The molecule has 9 heteroatoms. The molecule has 9 nitrogen and oxygen atoms in total. The molecule has 0 atom stereocenters. The van der Waals surface area contributed by atoms with Crippen molar-refractivity contribution < 1.29 is 33.4 Å². The van der Waals surface area contributed by atoms with E-state index in [1.54, 1.807) is 36.4 Å². The zero-order valence-electron chi connectivity index (χ0n) is 23.8. The summed E-state index contributed by atoms with van der Waals surface area (Å²) in [6, 6.07) is 19.3. The van der Waals surface area contributed by atoms with Crippen LogP contribution < -0.4 is 15.4 Å². The number of carbonyl (C=O) groups is 4. The normalized spacial score (nSPS) is 10.6. The highest BCUT2D eigenvalue weighted by atomic mass is 16.5. The molecule has 0 aromatic heterocycles. The molecule has 3 rings (SSSR count). The molecule has 0 bridgehead atoms. The second-order valence-corrected chi connectivity index (χ2v) is 9.79. The summed E-state index contributed by atoms with van der Waals surface area (Å²) in [5.74, 6) is -0.268. The highest BCUT2D eigenvalue weighted by Crippen LogP contribution is 2.32. The Balaban J connectivity index is 1.38. The molecule has 216 valence electrons. The summed E-state index contributed by atoms with van der Waals surface area (Å²) in [5, 5.41) is 5.31. The van der Waals surface area contributed by atoms with E-state index in [0.29, 0.717) is 35.2 Å². The van der Waals surface area contributed by atoms with Crippen LogP contribution >= 0.6 is 0 Å². The average molecular weight is 561 g/mol. The summed E-state index contributed by atoms with van der Waals surface area (Å²) in [5.41, 5.74) is 3.58. The SMILES string of the molecule is CCCOC(=O)c1ccc(NC(=O)COC(=O)CCC(=O)Nc2ccc(Oc3cc(C)ccc3C(C)C)cc2)cc1. The molecule has 0 fully saturated rings. The third-order valence-electron chi connectivity index (χ3n) is 5.92. The van der Waals surface area contributed by atoms with Crippen molar-refractivity contribution in [1.29, 1.82) is 0 Å². The Bertz CT molecular complexity index is 1350. The van der Waals surface area contributed by atoms with E-state index in [9.17, 15) is 19.2 Å². The number of hydrogen-bond acceptors (Lipinski definition) is 7. The van der Waals surface area contributed by atoms with Gasteiger partial charge in [0.1, 0.15) is 11.5 Å². The number of amides is 2. The fraction of sp³-hybridized carbons (Fsp3) is 0.312. The van der Waals surface area contributed by atoms with Gasteiger partial charge in [-0.1, -0.05) is 32.9 Å². The van der Waals surface area contributed by atoms with Crippen LogP contribution in [-0.4, -0.2) is 37.0 Å². The van der Waals surface area contributed by atoms with E-state index >= 15 is 0 Å². The van der Waals surface area contributed by atoms with Crippen LogP contribution in [0.2, 0.25) is 0 Å². The first-order chi connectivity index (χ1) is 19.6. The number of carbonyl (C=O) groups excluding carboxylic acids is 4. The van der Waals surface area contributed by atoms with Crippen LogP contribution in [0.25, 0.3) is 0 Å². The minimum Gasteiger partial charge on any atom is -0.462 e. The zero-order valence-corrected chi connectivity index (χ0v) is 23.8. The van der Waals surface area contributed by atoms with Gasteiger partial charge in [-0.15, -0.1) is 0 Å². The second kappa shape index (κ2) is 15.2. The fourth-order valence-electron chi connectivity index (χ4n) is 3.76. The van der Waals surface area contributed by atoms with Crippen molar-refractivity contribution in [3.05, 3.63) is 83.4 Å². The van der Waals surface area contributed by atoms with Gasteiger partial charge in [-0.05, 0) is 85.0 Å². The van der Waals surface area contributed by atoms with Crippen molar-refractivity contribution in [1.82, 2.24) is 0 Å². The summed E-state index contributed by atoms with van der Waals surface area (Å²) in [6.07, 6.45) is 0.442. The van der Waals surface area contributed by atoms with Crippen molar-refractivity contribution in [2.75, 3.05) is 23.8 Å². The topological polar surface area (TPSA) is 120 Å². The maximum absolute atomic E-state index is 12.3. The molecule has 0 spiro atoms. The van der Waals surface area contributed by atoms with Gasteiger partial charge in [0.2, 0.25) is 5.91 Å². The summed E-state index contributed by atoms with van der Waals surface area (Å²) < 4.78 is 16.1. The predicted molar refractivity (Wildman–Crippen MR) is 156 cm³/mol. The molecule has 2 amide bonds. The first-order valence-electron chi connectivity index (χ1n) is 13.6. The van der Waals surface area contributed by atoms with Crippen molar-refractivity contribution in [3.8, 4) is 11.5 Å². The lowest BCUT2D eigenvalue weighted by Crippen LogP contribution is -2.21. The number of ether oxygens (including phenoxy) is 3. The first kappa shape index (κ1) is 30.9. The molecule has 0 saturated heterocycles. The molecule has 41 heavy (non-hydrogen) atoms. The Hall–Kier alpha value is -4.66. The van der Waals surface area contributed by atoms with Gasteiger partial charge in [0, 0.05) is 17.8 Å². The lowest BCUT2D eigenvalue weighted by molar-refractivity contribution is -0.147. The van der Waals surface area contributed by atoms with Crippen LogP contribution in [0, 0.1) is 6.92 Å². The van der Waals surface area contributed by atoms with Gasteiger partial charge in [0.15, 0.2) is 6.61 Å². The Morgan fingerprint density at radius 3 is 2.05 bits per heavy atom. The van der Waals surface area contributed by atoms with Crippen LogP contribution in [0.1, 0.15) is 67.4 Å². The minimum absolute atomic E-state index is 0.102. The maximum Gasteiger partial charge on any atom is 0.338 e. The lowest BCUT2D eigenvalue weighted by Gasteiger charge is -2.15. The smallest absolute Gasteiger partial charge is 0.338 e. The molecule has 2 N–H and O–H groups in total. The number of nitrogens with one attached hydrogen (secondary N) is 2. The van der Waals surface area contributed by atoms with E-state index in [-0.39, 0.29) is 18.7 Å². The van der Waals surface area contributed by atoms with Gasteiger partial charge in [-0.25, -0.2) is 4.79 Å². The summed E-state index contributed by atoms with van der Waals surface area (Å²) in [4.78, 5) is 48.3. The van der Waals surface area contributed by atoms with E-state index < -0.39 is 24.5 Å². The van der Waals surface area contributed by atoms with Crippen LogP contribution in [-0.2, 0) is 23.9 Å². The van der Waals surface area contributed by atoms with E-state index in [1.807, 2.05) is 19.9 Å². The first-order valence-corrected chi connectivity index (χ1v) is 13.6. The standard InChI is InChI=1S/C32H36N2O7/c1-5-18-39-32(38)23-7-9-24(10-8-23)34-30(36)20-40-31(37)17-16-29(35)33-25-11-13-26(14-12-25)41-28-19-22(4)6-15-27(28)21(2)3/h6-15,19,21H,5,16-18,20H2,1-4H3,(H,33,35)(H,34,36). The molecule has 0 aliphatic heterocycles. The number of anilines is 2. The summed E-state index contributed by atoms with van der Waals surface area (Å²) in [7, 11) is 0. The Morgan fingerprint density at radius 2 is 1.41 bits per heavy atom. The van der Waals surface area contributed by atoms with Crippen LogP contribution in [0.5, 0.6) is 11.5 Å². The number of rotatable bonds is 13. The number of hydrogen-bond donors (Lipinski definition) is 2. The van der Waals surface area contributed by atoms with E-state index in [4.69, 9.17) is 14.2 Å². The van der Waals surface area contributed by atoms with Gasteiger partial charge in [-0.2, -0.15) is 0 Å². The van der Waals surface area contributed by atoms with E-state index in [2.05, 4.69) is 36.6 Å². The second-order valence-electron chi connectivity index (χ2n) is 9.79. The Kier molecular flexibility index (Phi) is 11.5. The van der Waals surface area contributed by atoms with Crippen LogP contribution in [0.3, 0.4) is 0 Å². The molecular formula is C32H36N2O7. The number of aryl methyl sites for hydroxylation is 1. The molecule has 3 aromatic carbocycles. The predicted octanol–water partition coefficient (Wildman–Crippen LogP) is 6.38. The molecule has 0 saturated carbocycles. The average Bonchev–Trinajstić information content (AvgIpc) is 2.95. The monoisotopic (exact) mass is 560 g/mol. The van der Waals surface area contributed by atoms with Gasteiger partial charge in [0.25, 0.3) is 5.91 Å². The van der Waals surface area contributed by atoms with Crippen molar-refractivity contribution in [2.45, 2.75) is 52.9 Å². The maximum atomic E-state index is 12.3. The zero-order chi connectivity index (χ0) is 29.8. The molecular weight excluding hydrogens is 524 g/mol. The van der Waals surface area contributed by atoms with Gasteiger partial charge < -0.3 is 24.8 Å². The van der Waals surface area contributed by atoms with E-state index in [1.165, 1.54) is 12.1 Å². The van der Waals surface area contributed by atoms with Crippen molar-refractivity contribution >= 4 is 35.1 Å². The van der Waals surface area contributed by atoms with Crippen molar-refractivity contribution in [3.63, 3.8) is 0 Å². The molecule has 3 aromatic rings. The molecule has 0 radical (unpaired) electrons. The summed E-state index contributed by atoms with van der Waals surface area (Å²) in [6.45, 7) is 7.96. The van der Waals surface area contributed by atoms with E-state index in [0.717, 1.165) is 23.3 Å². The lowest BCUT2D eigenvalue weighted by atomic mass is 10.0. The minimum atomic E-state index is -0.674. The molecule has 0 heterocycles. The highest BCUT2D eigenvalue weighted by Gasteiger charge is 2.13. The Labute approximate surface area is 240 Å². The largest absolute Gasteiger partial charge is 0.462 e. The molecule has 0 aliphatic carbocycles. The van der Waals surface area contributed by atoms with Gasteiger partial charge >= 0.3 is 11.9 Å². The van der Waals surface area contributed by atoms with Gasteiger partial charge in [-0.3, -0.25) is 14.4 Å². The van der Waals surface area contributed by atoms with Crippen molar-refractivity contribution in [2.24, 2.45) is 0 Å².